The smallest absolute Gasteiger partial charge is 0.339 e. The monoisotopic (exact) mass is 229 g/mol. The molecule has 16 heavy (non-hydrogen) atoms. The maximum absolute atomic E-state index is 12.5. The van der Waals surface area contributed by atoms with Crippen molar-refractivity contribution in [2.24, 2.45) is 0 Å². The second-order valence-electron chi connectivity index (χ2n) is 3.65. The average Bonchev–Trinajstić information content (AvgIpc) is 2.16. The molecule has 1 rings (SSSR count). The Morgan fingerprint density at radius 3 is 2.56 bits per heavy atom. The third kappa shape index (κ3) is 2.98. The van der Waals surface area contributed by atoms with Crippen molar-refractivity contribution in [1.29, 1.82) is 0 Å². The summed E-state index contributed by atoms with van der Waals surface area (Å²) in [6, 6.07) is 1.12. The Bertz CT molecular complexity index is 392. The molecule has 0 fully saturated rings. The molecule has 0 aromatic carbocycles. The summed E-state index contributed by atoms with van der Waals surface area (Å²) in [4.78, 5) is 15.2. The summed E-state index contributed by atoms with van der Waals surface area (Å²) in [5.41, 5.74) is 0.0314. The van der Waals surface area contributed by atoms with Gasteiger partial charge in [-0.1, -0.05) is 0 Å². The Hall–Kier alpha value is -1.52. The van der Waals surface area contributed by atoms with Crippen LogP contribution in [0.5, 0.6) is 0 Å². The van der Waals surface area contributed by atoms with E-state index in [1.54, 1.807) is 13.8 Å². The van der Waals surface area contributed by atoms with E-state index in [-0.39, 0.29) is 22.9 Å². The maximum atomic E-state index is 12.5. The molecule has 3 nitrogen and oxygen atoms in total. The van der Waals surface area contributed by atoms with Gasteiger partial charge in [0, 0.05) is 17.5 Å². The molecule has 0 radical (unpaired) electrons. The van der Waals surface area contributed by atoms with E-state index < -0.39 is 12.4 Å². The molecule has 0 aliphatic carbocycles. The topological polar surface area (TPSA) is 39.2 Å². The third-order valence-electron chi connectivity index (χ3n) is 1.94. The van der Waals surface area contributed by atoms with Crippen molar-refractivity contribution in [1.82, 2.24) is 4.98 Å². The van der Waals surface area contributed by atoms with Crippen LogP contribution in [0.1, 0.15) is 41.9 Å². The first-order chi connectivity index (χ1) is 7.41. The second kappa shape index (κ2) is 5.01. The minimum atomic E-state index is -2.64. The fourth-order valence-corrected chi connectivity index (χ4v) is 1.16. The highest BCUT2D eigenvalue weighted by molar-refractivity contribution is 5.89. The Balaban J connectivity index is 2.98. The van der Waals surface area contributed by atoms with E-state index >= 15 is 0 Å². The molecule has 0 aliphatic rings. The number of esters is 1. The van der Waals surface area contributed by atoms with Crippen molar-refractivity contribution < 1.29 is 18.3 Å². The number of ether oxygens (including phenoxy) is 1. The molecule has 0 saturated heterocycles. The molecule has 0 amide bonds. The van der Waals surface area contributed by atoms with Crippen molar-refractivity contribution in [2.75, 3.05) is 0 Å². The van der Waals surface area contributed by atoms with Crippen LogP contribution in [0.4, 0.5) is 8.78 Å². The van der Waals surface area contributed by atoms with Crippen LogP contribution in [-0.2, 0) is 4.74 Å². The van der Waals surface area contributed by atoms with Gasteiger partial charge < -0.3 is 4.74 Å². The lowest BCUT2D eigenvalue weighted by Gasteiger charge is -2.09. The summed E-state index contributed by atoms with van der Waals surface area (Å²) in [6.07, 6.45) is -1.69. The van der Waals surface area contributed by atoms with Gasteiger partial charge in [0.05, 0.1) is 11.7 Å². The summed E-state index contributed by atoms with van der Waals surface area (Å²) in [7, 11) is 0. The van der Waals surface area contributed by atoms with E-state index in [1.165, 1.54) is 13.1 Å². The molecule has 0 saturated carbocycles. The van der Waals surface area contributed by atoms with Crippen molar-refractivity contribution >= 4 is 5.97 Å². The number of carbonyl (C=O) groups excluding carboxylic acids is 1. The van der Waals surface area contributed by atoms with E-state index in [2.05, 4.69) is 4.98 Å². The normalized spacial score (nSPS) is 10.9. The number of carbonyl (C=O) groups is 1. The zero-order valence-corrected chi connectivity index (χ0v) is 9.33. The Morgan fingerprint density at radius 1 is 1.44 bits per heavy atom. The van der Waals surface area contributed by atoms with Crippen LogP contribution in [-0.4, -0.2) is 17.1 Å². The molecule has 0 aliphatic heterocycles. The molecule has 0 N–H and O–H groups in total. The number of hydrogen-bond donors (Lipinski definition) is 0. The predicted molar refractivity (Wildman–Crippen MR) is 54.5 cm³/mol. The second-order valence-corrected chi connectivity index (χ2v) is 3.65. The summed E-state index contributed by atoms with van der Waals surface area (Å²) < 4.78 is 30.0. The molecule has 0 unspecified atom stereocenters. The molecule has 1 aromatic heterocycles. The van der Waals surface area contributed by atoms with Gasteiger partial charge in [-0.25, -0.2) is 13.6 Å². The van der Waals surface area contributed by atoms with Crippen LogP contribution in [0.2, 0.25) is 0 Å². The molecular weight excluding hydrogens is 216 g/mol. The number of halogens is 2. The maximum Gasteiger partial charge on any atom is 0.339 e. The van der Waals surface area contributed by atoms with E-state index in [0.717, 1.165) is 6.07 Å². The van der Waals surface area contributed by atoms with Gasteiger partial charge in [0.1, 0.15) is 0 Å². The minimum Gasteiger partial charge on any atom is -0.459 e. The first-order valence-corrected chi connectivity index (χ1v) is 4.87. The van der Waals surface area contributed by atoms with E-state index in [1.807, 2.05) is 0 Å². The SMILES string of the molecule is Cc1ncc(C(=O)OC(C)C)cc1C(F)F. The number of pyridine rings is 1. The number of nitrogens with zero attached hydrogens (tertiary/aromatic N) is 1. The number of alkyl halides is 2. The lowest BCUT2D eigenvalue weighted by atomic mass is 10.1. The van der Waals surface area contributed by atoms with E-state index in [0.29, 0.717) is 0 Å². The van der Waals surface area contributed by atoms with Gasteiger partial charge in [0.25, 0.3) is 6.43 Å². The Morgan fingerprint density at radius 2 is 2.06 bits per heavy atom. The molecular formula is C11H13F2NO2. The van der Waals surface area contributed by atoms with Crippen molar-refractivity contribution in [3.63, 3.8) is 0 Å². The zero-order valence-electron chi connectivity index (χ0n) is 9.33. The molecule has 0 atom stereocenters. The number of hydrogen-bond acceptors (Lipinski definition) is 3. The lowest BCUT2D eigenvalue weighted by molar-refractivity contribution is 0.0377. The van der Waals surface area contributed by atoms with Gasteiger partial charge in [-0.15, -0.1) is 0 Å². The summed E-state index contributed by atoms with van der Waals surface area (Å²) in [6.45, 7) is 4.85. The molecule has 88 valence electrons. The highest BCUT2D eigenvalue weighted by Crippen LogP contribution is 2.22. The Kier molecular flexibility index (Phi) is 3.93. The third-order valence-corrected chi connectivity index (χ3v) is 1.94. The van der Waals surface area contributed by atoms with Crippen molar-refractivity contribution in [2.45, 2.75) is 33.3 Å². The summed E-state index contributed by atoms with van der Waals surface area (Å²) in [5.74, 6) is -0.635. The molecule has 0 bridgehead atoms. The molecule has 5 heteroatoms. The van der Waals surface area contributed by atoms with Crippen LogP contribution in [0.15, 0.2) is 12.3 Å². The fourth-order valence-electron chi connectivity index (χ4n) is 1.16. The summed E-state index contributed by atoms with van der Waals surface area (Å²) >= 11 is 0. The van der Waals surface area contributed by atoms with Crippen LogP contribution in [0.25, 0.3) is 0 Å². The van der Waals surface area contributed by atoms with Crippen molar-refractivity contribution in [3.8, 4) is 0 Å². The molecule has 1 heterocycles. The quantitative estimate of drug-likeness (QED) is 0.748. The first-order valence-electron chi connectivity index (χ1n) is 4.87. The molecule has 1 aromatic rings. The average molecular weight is 229 g/mol. The number of aromatic nitrogens is 1. The van der Waals surface area contributed by atoms with Crippen LogP contribution in [0.3, 0.4) is 0 Å². The van der Waals surface area contributed by atoms with Gasteiger partial charge in [0.2, 0.25) is 0 Å². The van der Waals surface area contributed by atoms with Crippen LogP contribution in [0, 0.1) is 6.92 Å². The van der Waals surface area contributed by atoms with Gasteiger partial charge in [-0.3, -0.25) is 4.98 Å². The molecule has 0 spiro atoms. The number of aryl methyl sites for hydroxylation is 1. The largest absolute Gasteiger partial charge is 0.459 e. The Labute approximate surface area is 92.4 Å². The lowest BCUT2D eigenvalue weighted by Crippen LogP contribution is -2.12. The number of rotatable bonds is 3. The highest BCUT2D eigenvalue weighted by atomic mass is 19.3. The van der Waals surface area contributed by atoms with Crippen LogP contribution >= 0.6 is 0 Å². The van der Waals surface area contributed by atoms with Gasteiger partial charge in [-0.05, 0) is 26.8 Å². The zero-order chi connectivity index (χ0) is 12.3. The van der Waals surface area contributed by atoms with Gasteiger partial charge >= 0.3 is 5.97 Å². The summed E-state index contributed by atoms with van der Waals surface area (Å²) in [5, 5.41) is 0. The van der Waals surface area contributed by atoms with E-state index in [9.17, 15) is 13.6 Å². The van der Waals surface area contributed by atoms with Gasteiger partial charge in [-0.2, -0.15) is 0 Å². The van der Waals surface area contributed by atoms with Gasteiger partial charge in [0.15, 0.2) is 0 Å². The minimum absolute atomic E-state index is 0.0506. The van der Waals surface area contributed by atoms with Crippen molar-refractivity contribution in [3.05, 3.63) is 29.1 Å². The van der Waals surface area contributed by atoms with Crippen LogP contribution < -0.4 is 0 Å². The fraction of sp³-hybridized carbons (Fsp3) is 0.455. The van der Waals surface area contributed by atoms with E-state index in [4.69, 9.17) is 4.74 Å². The predicted octanol–water partition coefficient (Wildman–Crippen LogP) is 2.89. The first kappa shape index (κ1) is 12.5. The highest BCUT2D eigenvalue weighted by Gasteiger charge is 2.16. The standard InChI is InChI=1S/C11H13F2NO2/c1-6(2)16-11(15)8-4-9(10(12)13)7(3)14-5-8/h4-6,10H,1-3H3.